The number of urea groups is 1. The number of fused-ring (bicyclic) bond motifs is 1. The first kappa shape index (κ1) is 10.7. The van der Waals surface area contributed by atoms with Gasteiger partial charge in [-0.25, -0.2) is 9.69 Å². The van der Waals surface area contributed by atoms with Crippen molar-refractivity contribution in [2.24, 2.45) is 0 Å². The molecule has 4 nitrogen and oxygen atoms in total. The monoisotopic (exact) mass is 218 g/mol. The molecule has 1 aliphatic heterocycles. The Morgan fingerprint density at radius 1 is 1.50 bits per heavy atom. The average molecular weight is 218 g/mol. The molecule has 0 saturated heterocycles. The molecule has 1 N–H and O–H groups in total. The molecule has 2 rings (SSSR count). The maximum Gasteiger partial charge on any atom is 0.328 e. The number of nitrogens with zero attached hydrogens (tertiary/aromatic N) is 1. The molecule has 0 saturated carbocycles. The number of hydrogen-bond acceptors (Lipinski definition) is 2. The third-order valence-corrected chi connectivity index (χ3v) is 2.81. The molecular weight excluding hydrogens is 204 g/mol. The van der Waals surface area contributed by atoms with Crippen LogP contribution in [-0.2, 0) is 17.6 Å². The lowest BCUT2D eigenvalue weighted by Crippen LogP contribution is -2.40. The summed E-state index contributed by atoms with van der Waals surface area (Å²) in [5, 5.41) is 2.48. The molecule has 84 valence electrons. The van der Waals surface area contributed by atoms with Crippen molar-refractivity contribution in [1.82, 2.24) is 5.32 Å². The summed E-state index contributed by atoms with van der Waals surface area (Å²) in [4.78, 5) is 24.5. The Balaban J connectivity index is 2.45. The minimum absolute atomic E-state index is 0.164. The van der Waals surface area contributed by atoms with Gasteiger partial charge in [-0.2, -0.15) is 0 Å². The summed E-state index contributed by atoms with van der Waals surface area (Å²) >= 11 is 0. The van der Waals surface area contributed by atoms with Crippen LogP contribution in [0.2, 0.25) is 0 Å². The minimum Gasteiger partial charge on any atom is -0.340 e. The number of hydrogen-bond donors (Lipinski definition) is 1. The number of carbonyl (C=O) groups excluding carboxylic acids is 2. The van der Waals surface area contributed by atoms with Crippen LogP contribution >= 0.6 is 0 Å². The molecule has 16 heavy (non-hydrogen) atoms. The third kappa shape index (κ3) is 1.56. The van der Waals surface area contributed by atoms with E-state index in [-0.39, 0.29) is 11.9 Å². The summed E-state index contributed by atoms with van der Waals surface area (Å²) in [6.45, 7) is 2.04. The zero-order valence-electron chi connectivity index (χ0n) is 9.41. The number of anilines is 1. The second kappa shape index (κ2) is 3.96. The number of benzene rings is 1. The van der Waals surface area contributed by atoms with Crippen LogP contribution in [-0.4, -0.2) is 19.0 Å². The highest BCUT2D eigenvalue weighted by atomic mass is 16.2. The van der Waals surface area contributed by atoms with Crippen molar-refractivity contribution < 1.29 is 9.59 Å². The zero-order valence-corrected chi connectivity index (χ0v) is 9.41. The van der Waals surface area contributed by atoms with E-state index in [9.17, 15) is 9.59 Å². The van der Waals surface area contributed by atoms with E-state index in [0.717, 1.165) is 23.2 Å². The van der Waals surface area contributed by atoms with Gasteiger partial charge in [-0.15, -0.1) is 0 Å². The van der Waals surface area contributed by atoms with E-state index >= 15 is 0 Å². The minimum atomic E-state index is -0.364. The first-order valence-electron chi connectivity index (χ1n) is 5.33. The summed E-state index contributed by atoms with van der Waals surface area (Å²) in [5.74, 6) is -0.164. The molecular formula is C12H14N2O2. The van der Waals surface area contributed by atoms with Crippen LogP contribution in [0.3, 0.4) is 0 Å². The van der Waals surface area contributed by atoms with E-state index in [4.69, 9.17) is 0 Å². The summed E-state index contributed by atoms with van der Waals surface area (Å²) < 4.78 is 0. The van der Waals surface area contributed by atoms with Crippen molar-refractivity contribution >= 4 is 17.6 Å². The van der Waals surface area contributed by atoms with Gasteiger partial charge >= 0.3 is 6.03 Å². The second-order valence-corrected chi connectivity index (χ2v) is 3.78. The molecule has 1 aromatic carbocycles. The van der Waals surface area contributed by atoms with Crippen LogP contribution < -0.4 is 10.2 Å². The molecule has 0 bridgehead atoms. The lowest BCUT2D eigenvalue weighted by molar-refractivity contribution is -0.116. The lowest BCUT2D eigenvalue weighted by Gasteiger charge is -2.15. The molecule has 0 atom stereocenters. The highest BCUT2D eigenvalue weighted by molar-refractivity contribution is 6.18. The molecule has 4 heteroatoms. The average Bonchev–Trinajstić information content (AvgIpc) is 2.63. The van der Waals surface area contributed by atoms with Gasteiger partial charge in [-0.05, 0) is 23.6 Å². The van der Waals surface area contributed by atoms with Gasteiger partial charge in [0.25, 0.3) is 0 Å². The summed E-state index contributed by atoms with van der Waals surface area (Å²) in [6, 6.07) is 5.47. The van der Waals surface area contributed by atoms with Gasteiger partial charge in [0.15, 0.2) is 0 Å². The van der Waals surface area contributed by atoms with E-state index in [1.165, 1.54) is 11.9 Å². The van der Waals surface area contributed by atoms with Crippen molar-refractivity contribution in [2.45, 2.75) is 19.8 Å². The molecule has 0 spiro atoms. The van der Waals surface area contributed by atoms with Gasteiger partial charge in [0.2, 0.25) is 5.91 Å². The van der Waals surface area contributed by atoms with E-state index in [1.807, 2.05) is 25.1 Å². The third-order valence-electron chi connectivity index (χ3n) is 2.81. The smallest absolute Gasteiger partial charge is 0.328 e. The molecule has 3 amide bonds. The van der Waals surface area contributed by atoms with Crippen LogP contribution in [0.4, 0.5) is 10.5 Å². The summed E-state index contributed by atoms with van der Waals surface area (Å²) in [6.07, 6.45) is 1.20. The van der Waals surface area contributed by atoms with Gasteiger partial charge < -0.3 is 5.32 Å². The van der Waals surface area contributed by atoms with Gasteiger partial charge in [0.1, 0.15) is 0 Å². The van der Waals surface area contributed by atoms with Gasteiger partial charge in [0.05, 0.1) is 12.1 Å². The van der Waals surface area contributed by atoms with Crippen molar-refractivity contribution in [3.63, 3.8) is 0 Å². The standard InChI is InChI=1S/C12H14N2O2/c1-3-8-4-5-9-7-11(15)14(10(9)6-8)12(16)13-2/h4-6H,3,7H2,1-2H3,(H,13,16). The highest BCUT2D eigenvalue weighted by Crippen LogP contribution is 2.30. The van der Waals surface area contributed by atoms with Crippen molar-refractivity contribution in [2.75, 3.05) is 11.9 Å². The molecule has 0 radical (unpaired) electrons. The molecule has 0 aliphatic carbocycles. The fourth-order valence-electron chi connectivity index (χ4n) is 1.90. The number of aryl methyl sites for hydroxylation is 1. The van der Waals surface area contributed by atoms with Gasteiger partial charge in [-0.3, -0.25) is 4.79 Å². The quantitative estimate of drug-likeness (QED) is 0.776. The van der Waals surface area contributed by atoms with Crippen LogP contribution in [0.15, 0.2) is 18.2 Å². The summed E-state index contributed by atoms with van der Waals surface area (Å²) in [7, 11) is 1.53. The second-order valence-electron chi connectivity index (χ2n) is 3.78. The fraction of sp³-hybridized carbons (Fsp3) is 0.333. The van der Waals surface area contributed by atoms with Crippen molar-refractivity contribution in [3.05, 3.63) is 29.3 Å². The molecule has 0 unspecified atom stereocenters. The molecule has 0 fully saturated rings. The van der Waals surface area contributed by atoms with Gasteiger partial charge in [-0.1, -0.05) is 19.1 Å². The molecule has 1 aromatic rings. The van der Waals surface area contributed by atoms with E-state index in [1.54, 1.807) is 0 Å². The summed E-state index contributed by atoms with van der Waals surface area (Å²) in [5.41, 5.74) is 2.77. The van der Waals surface area contributed by atoms with Crippen molar-refractivity contribution in [1.29, 1.82) is 0 Å². The first-order chi connectivity index (χ1) is 7.67. The molecule has 1 aliphatic rings. The van der Waals surface area contributed by atoms with E-state index < -0.39 is 0 Å². The maximum absolute atomic E-state index is 11.7. The Kier molecular flexibility index (Phi) is 2.64. The number of rotatable bonds is 1. The normalized spacial score (nSPS) is 13.9. The van der Waals surface area contributed by atoms with Crippen LogP contribution in [0.5, 0.6) is 0 Å². The molecule has 1 heterocycles. The Hall–Kier alpha value is -1.84. The zero-order chi connectivity index (χ0) is 11.7. The first-order valence-corrected chi connectivity index (χ1v) is 5.33. The number of amides is 3. The van der Waals surface area contributed by atoms with Crippen LogP contribution in [0.25, 0.3) is 0 Å². The largest absolute Gasteiger partial charge is 0.340 e. The number of nitrogens with one attached hydrogen (secondary N) is 1. The van der Waals surface area contributed by atoms with Crippen LogP contribution in [0, 0.1) is 0 Å². The number of imide groups is 1. The topological polar surface area (TPSA) is 49.4 Å². The fourth-order valence-corrected chi connectivity index (χ4v) is 1.90. The predicted octanol–water partition coefficient (Wildman–Crippen LogP) is 1.48. The van der Waals surface area contributed by atoms with Crippen molar-refractivity contribution in [3.8, 4) is 0 Å². The van der Waals surface area contributed by atoms with Gasteiger partial charge in [0, 0.05) is 7.05 Å². The Bertz CT molecular complexity index is 446. The maximum atomic E-state index is 11.7. The Morgan fingerprint density at radius 3 is 2.88 bits per heavy atom. The lowest BCUT2D eigenvalue weighted by atomic mass is 10.1. The van der Waals surface area contributed by atoms with Crippen LogP contribution in [0.1, 0.15) is 18.1 Å². The number of carbonyl (C=O) groups is 2. The van der Waals surface area contributed by atoms with E-state index in [2.05, 4.69) is 5.32 Å². The molecule has 0 aromatic heterocycles. The SMILES string of the molecule is CCc1ccc2c(c1)N(C(=O)NC)C(=O)C2. The highest BCUT2D eigenvalue weighted by Gasteiger charge is 2.31. The Labute approximate surface area is 94.2 Å². The predicted molar refractivity (Wildman–Crippen MR) is 61.5 cm³/mol. The Morgan fingerprint density at radius 2 is 2.25 bits per heavy atom. The van der Waals surface area contributed by atoms with E-state index in [0.29, 0.717) is 6.42 Å².